The van der Waals surface area contributed by atoms with E-state index in [0.717, 1.165) is 22.5 Å². The first-order chi connectivity index (χ1) is 10.1. The van der Waals surface area contributed by atoms with Gasteiger partial charge in [-0.2, -0.15) is 0 Å². The minimum absolute atomic E-state index is 0.360. The van der Waals surface area contributed by atoms with Crippen LogP contribution in [-0.4, -0.2) is 23.8 Å². The van der Waals surface area contributed by atoms with Crippen LogP contribution in [0.25, 0.3) is 16.7 Å². The van der Waals surface area contributed by atoms with E-state index in [1.54, 1.807) is 37.0 Å². The predicted molar refractivity (Wildman–Crippen MR) is 83.6 cm³/mol. The molecule has 1 aromatic heterocycles. The third-order valence-electron chi connectivity index (χ3n) is 3.27. The highest BCUT2D eigenvalue weighted by atomic mass is 35.5. The molecule has 0 bridgehead atoms. The lowest BCUT2D eigenvalue weighted by Crippen LogP contribution is -2.02. The summed E-state index contributed by atoms with van der Waals surface area (Å²) in [5.74, 6) is 1.75. The van der Waals surface area contributed by atoms with Gasteiger partial charge in [0.2, 0.25) is 5.95 Å². The number of methoxy groups -OCH3 is 2. The molecule has 0 amide bonds. The van der Waals surface area contributed by atoms with Gasteiger partial charge in [-0.3, -0.25) is 4.57 Å². The number of nitrogen functional groups attached to an aromatic ring is 1. The zero-order valence-corrected chi connectivity index (χ0v) is 12.4. The van der Waals surface area contributed by atoms with Crippen molar-refractivity contribution in [3.05, 3.63) is 41.4 Å². The molecule has 0 saturated carbocycles. The van der Waals surface area contributed by atoms with Crippen molar-refractivity contribution in [3.8, 4) is 17.2 Å². The Morgan fingerprint density at radius 3 is 2.62 bits per heavy atom. The summed E-state index contributed by atoms with van der Waals surface area (Å²) in [5, 5.41) is 0.598. The molecule has 0 atom stereocenters. The number of ether oxygens (including phenoxy) is 2. The maximum Gasteiger partial charge on any atom is 0.206 e. The van der Waals surface area contributed by atoms with Gasteiger partial charge in [0.15, 0.2) is 0 Å². The number of hydrogen-bond acceptors (Lipinski definition) is 4. The SMILES string of the molecule is COc1ccc2c(c1)nc(N)n2-c1cc(Cl)ccc1OC. The Balaban J connectivity index is 2.30. The normalized spacial score (nSPS) is 10.8. The summed E-state index contributed by atoms with van der Waals surface area (Å²) in [7, 11) is 3.21. The molecule has 2 N–H and O–H groups in total. The number of nitrogens with two attached hydrogens (primary N) is 1. The van der Waals surface area contributed by atoms with E-state index in [0.29, 0.717) is 16.7 Å². The van der Waals surface area contributed by atoms with Crippen molar-refractivity contribution in [2.75, 3.05) is 20.0 Å². The van der Waals surface area contributed by atoms with Crippen LogP contribution in [0, 0.1) is 0 Å². The number of rotatable bonds is 3. The van der Waals surface area contributed by atoms with Crippen LogP contribution in [0.2, 0.25) is 5.02 Å². The van der Waals surface area contributed by atoms with Crippen LogP contribution >= 0.6 is 11.6 Å². The maximum absolute atomic E-state index is 6.09. The molecule has 1 heterocycles. The Morgan fingerprint density at radius 1 is 1.10 bits per heavy atom. The fourth-order valence-corrected chi connectivity index (χ4v) is 2.46. The average Bonchev–Trinajstić information content (AvgIpc) is 2.81. The topological polar surface area (TPSA) is 62.3 Å². The molecule has 2 aromatic carbocycles. The lowest BCUT2D eigenvalue weighted by molar-refractivity contribution is 0.413. The summed E-state index contributed by atoms with van der Waals surface area (Å²) in [5.41, 5.74) is 8.41. The lowest BCUT2D eigenvalue weighted by atomic mass is 10.2. The van der Waals surface area contributed by atoms with Crippen LogP contribution in [-0.2, 0) is 0 Å². The molecule has 0 aliphatic heterocycles. The molecule has 0 spiro atoms. The molecular formula is C15H14ClN3O2. The average molecular weight is 304 g/mol. The zero-order valence-electron chi connectivity index (χ0n) is 11.6. The standard InChI is InChI=1S/C15H14ClN3O2/c1-20-10-4-5-12-11(8-10)18-15(17)19(12)13-7-9(16)3-6-14(13)21-2/h3-8H,1-2H3,(H2,17,18). The predicted octanol–water partition coefficient (Wildman–Crippen LogP) is 3.28. The van der Waals surface area contributed by atoms with Gasteiger partial charge in [0.1, 0.15) is 11.5 Å². The Labute approximate surface area is 126 Å². The van der Waals surface area contributed by atoms with Gasteiger partial charge in [-0.15, -0.1) is 0 Å². The van der Waals surface area contributed by atoms with Gasteiger partial charge in [-0.25, -0.2) is 4.98 Å². The molecule has 108 valence electrons. The number of benzene rings is 2. The minimum atomic E-state index is 0.360. The Bertz CT molecular complexity index is 814. The smallest absolute Gasteiger partial charge is 0.206 e. The van der Waals surface area contributed by atoms with Crippen LogP contribution in [0.3, 0.4) is 0 Å². The summed E-state index contributed by atoms with van der Waals surface area (Å²) in [6, 6.07) is 10.9. The first kappa shape index (κ1) is 13.6. The highest BCUT2D eigenvalue weighted by molar-refractivity contribution is 6.30. The van der Waals surface area contributed by atoms with Crippen molar-refractivity contribution in [1.82, 2.24) is 9.55 Å². The molecule has 0 saturated heterocycles. The maximum atomic E-state index is 6.09. The number of halogens is 1. The van der Waals surface area contributed by atoms with Crippen molar-refractivity contribution >= 4 is 28.6 Å². The van der Waals surface area contributed by atoms with E-state index >= 15 is 0 Å². The number of aromatic nitrogens is 2. The fourth-order valence-electron chi connectivity index (χ4n) is 2.30. The second kappa shape index (κ2) is 5.18. The van der Waals surface area contributed by atoms with Gasteiger partial charge in [-0.05, 0) is 30.3 Å². The molecule has 5 nitrogen and oxygen atoms in total. The van der Waals surface area contributed by atoms with E-state index in [-0.39, 0.29) is 0 Å². The zero-order chi connectivity index (χ0) is 15.0. The van der Waals surface area contributed by atoms with Gasteiger partial charge in [0.25, 0.3) is 0 Å². The van der Waals surface area contributed by atoms with Crippen molar-refractivity contribution in [2.45, 2.75) is 0 Å². The molecule has 0 aliphatic carbocycles. The third-order valence-corrected chi connectivity index (χ3v) is 3.50. The highest BCUT2D eigenvalue weighted by Gasteiger charge is 2.15. The molecule has 0 unspecified atom stereocenters. The summed E-state index contributed by atoms with van der Waals surface area (Å²) >= 11 is 6.09. The number of imidazole rings is 1. The van der Waals surface area contributed by atoms with Crippen LogP contribution in [0.15, 0.2) is 36.4 Å². The van der Waals surface area contributed by atoms with Crippen molar-refractivity contribution in [3.63, 3.8) is 0 Å². The molecule has 0 fully saturated rings. The molecule has 0 radical (unpaired) electrons. The van der Waals surface area contributed by atoms with Gasteiger partial charge in [-0.1, -0.05) is 11.6 Å². The molecule has 3 rings (SSSR count). The van der Waals surface area contributed by atoms with E-state index in [2.05, 4.69) is 4.98 Å². The van der Waals surface area contributed by atoms with Crippen LogP contribution in [0.4, 0.5) is 5.95 Å². The monoisotopic (exact) mass is 303 g/mol. The molecule has 21 heavy (non-hydrogen) atoms. The second-order valence-corrected chi connectivity index (χ2v) is 4.91. The quantitative estimate of drug-likeness (QED) is 0.806. The van der Waals surface area contributed by atoms with Crippen LogP contribution in [0.5, 0.6) is 11.5 Å². The van der Waals surface area contributed by atoms with Crippen molar-refractivity contribution < 1.29 is 9.47 Å². The minimum Gasteiger partial charge on any atom is -0.497 e. The number of hydrogen-bond donors (Lipinski definition) is 1. The molecule has 3 aromatic rings. The van der Waals surface area contributed by atoms with E-state index < -0.39 is 0 Å². The highest BCUT2D eigenvalue weighted by Crippen LogP contribution is 2.32. The molecule has 6 heteroatoms. The summed E-state index contributed by atoms with van der Waals surface area (Å²) in [6.45, 7) is 0. The summed E-state index contributed by atoms with van der Waals surface area (Å²) < 4.78 is 12.4. The second-order valence-electron chi connectivity index (χ2n) is 4.48. The number of nitrogens with zero attached hydrogens (tertiary/aromatic N) is 2. The number of anilines is 1. The summed E-state index contributed by atoms with van der Waals surface area (Å²) in [6.07, 6.45) is 0. The van der Waals surface area contributed by atoms with Crippen LogP contribution in [0.1, 0.15) is 0 Å². The third kappa shape index (κ3) is 2.25. The van der Waals surface area contributed by atoms with E-state index in [1.165, 1.54) is 0 Å². The first-order valence-corrected chi connectivity index (χ1v) is 6.67. The van der Waals surface area contributed by atoms with Gasteiger partial charge >= 0.3 is 0 Å². The van der Waals surface area contributed by atoms with Crippen molar-refractivity contribution in [2.24, 2.45) is 0 Å². The van der Waals surface area contributed by atoms with Gasteiger partial charge < -0.3 is 15.2 Å². The van der Waals surface area contributed by atoms with E-state index in [1.807, 2.05) is 18.2 Å². The first-order valence-electron chi connectivity index (χ1n) is 6.30. The van der Waals surface area contributed by atoms with Gasteiger partial charge in [0, 0.05) is 11.1 Å². The Morgan fingerprint density at radius 2 is 1.90 bits per heavy atom. The van der Waals surface area contributed by atoms with Crippen LogP contribution < -0.4 is 15.2 Å². The molecule has 0 aliphatic rings. The Hall–Kier alpha value is -2.40. The number of fused-ring (bicyclic) bond motifs is 1. The fraction of sp³-hybridized carbons (Fsp3) is 0.133. The Kier molecular flexibility index (Phi) is 3.35. The largest absolute Gasteiger partial charge is 0.497 e. The van der Waals surface area contributed by atoms with E-state index in [4.69, 9.17) is 26.8 Å². The lowest BCUT2D eigenvalue weighted by Gasteiger charge is -2.12. The van der Waals surface area contributed by atoms with E-state index in [9.17, 15) is 0 Å². The molecular weight excluding hydrogens is 290 g/mol. The van der Waals surface area contributed by atoms with Gasteiger partial charge in [0.05, 0.1) is 30.9 Å². The van der Waals surface area contributed by atoms with Crippen molar-refractivity contribution in [1.29, 1.82) is 0 Å². The summed E-state index contributed by atoms with van der Waals surface area (Å²) in [4.78, 5) is 4.37.